The molecule has 1 rings (SSSR count). The molecular formula is C33H64N3O6P. The van der Waals surface area contributed by atoms with Crippen LogP contribution in [0.25, 0.3) is 0 Å². The Morgan fingerprint density at radius 1 is 0.837 bits per heavy atom. The zero-order chi connectivity index (χ0) is 32.2. The van der Waals surface area contributed by atoms with Gasteiger partial charge in [-0.1, -0.05) is 134 Å². The number of hydrogen-bond acceptors (Lipinski definition) is 5. The van der Waals surface area contributed by atoms with Crippen molar-refractivity contribution in [1.82, 2.24) is 10.2 Å². The van der Waals surface area contributed by atoms with Gasteiger partial charge in [0.2, 0.25) is 0 Å². The molecule has 0 aliphatic heterocycles. The molecule has 1 aromatic carbocycles. The fraction of sp³-hybridized carbons (Fsp3) is 0.788. The average Bonchev–Trinajstić information content (AvgIpc) is 2.94. The summed E-state index contributed by atoms with van der Waals surface area (Å²) in [5.41, 5.74) is 1.09. The number of amides is 2. The maximum atomic E-state index is 12.4. The van der Waals surface area contributed by atoms with Crippen molar-refractivity contribution in [2.75, 3.05) is 54.0 Å². The number of hydrogen-bond donors (Lipinski definition) is 3. The second kappa shape index (κ2) is 26.9. The van der Waals surface area contributed by atoms with Crippen LogP contribution >= 0.6 is 7.82 Å². The van der Waals surface area contributed by atoms with Gasteiger partial charge in [-0.2, -0.15) is 0 Å². The summed E-state index contributed by atoms with van der Waals surface area (Å²) in [6, 6.07) is 9.86. The second-order valence-corrected chi connectivity index (χ2v) is 13.7. The molecule has 1 unspecified atom stereocenters. The molecule has 0 bridgehead atoms. The van der Waals surface area contributed by atoms with E-state index < -0.39 is 7.82 Å². The van der Waals surface area contributed by atoms with Gasteiger partial charge >= 0.3 is 6.03 Å². The van der Waals surface area contributed by atoms with Crippen LogP contribution in [0.3, 0.4) is 0 Å². The van der Waals surface area contributed by atoms with Gasteiger partial charge in [-0.05, 0) is 12.0 Å². The van der Waals surface area contributed by atoms with Crippen LogP contribution in [-0.4, -0.2) is 79.4 Å². The van der Waals surface area contributed by atoms with Crippen LogP contribution in [0.4, 0.5) is 4.79 Å². The normalized spacial score (nSPS) is 12.7. The third kappa shape index (κ3) is 30.3. The van der Waals surface area contributed by atoms with Crippen molar-refractivity contribution in [1.29, 1.82) is 0 Å². The first-order valence-corrected chi connectivity index (χ1v) is 18.1. The number of carbonyl (C=O) groups excluding carboxylic acids is 1. The molecule has 1 aromatic rings. The molecule has 0 aromatic heterocycles. The molecule has 10 heteroatoms. The second-order valence-electron chi connectivity index (χ2n) is 12.5. The van der Waals surface area contributed by atoms with Crippen LogP contribution in [-0.2, 0) is 15.6 Å². The predicted molar refractivity (Wildman–Crippen MR) is 176 cm³/mol. The zero-order valence-electron chi connectivity index (χ0n) is 27.8. The van der Waals surface area contributed by atoms with Crippen LogP contribution in [0, 0.1) is 0 Å². The highest BCUT2D eigenvalue weighted by Crippen LogP contribution is 2.29. The highest BCUT2D eigenvalue weighted by atomic mass is 31.2. The molecule has 1 atom stereocenters. The minimum Gasteiger partial charge on any atom is -0.756 e. The molecule has 0 saturated heterocycles. The Morgan fingerprint density at radius 3 is 1.72 bits per heavy atom. The number of quaternary nitrogens is 1. The fourth-order valence-corrected chi connectivity index (χ4v) is 4.91. The number of aliphatic hydroxyl groups is 1. The minimum atomic E-state index is -4.51. The first kappa shape index (κ1) is 41.5. The van der Waals surface area contributed by atoms with Gasteiger partial charge < -0.3 is 34.1 Å². The molecule has 0 radical (unpaired) electrons. The zero-order valence-corrected chi connectivity index (χ0v) is 28.7. The van der Waals surface area contributed by atoms with E-state index in [4.69, 9.17) is 4.89 Å². The Hall–Kier alpha value is -1.48. The number of carbonyl (C=O) groups is 1. The summed E-state index contributed by atoms with van der Waals surface area (Å²) in [5, 5.41) is 12.2. The van der Waals surface area contributed by atoms with E-state index in [9.17, 15) is 19.4 Å². The summed E-state index contributed by atoms with van der Waals surface area (Å²) in [6.45, 7) is 4.49. The Balaban J connectivity index is 0.00000135. The molecule has 9 nitrogen and oxygen atoms in total. The van der Waals surface area contributed by atoms with Gasteiger partial charge in [0.05, 0.1) is 27.7 Å². The van der Waals surface area contributed by atoms with Crippen molar-refractivity contribution < 1.29 is 33.3 Å². The lowest BCUT2D eigenvalue weighted by Crippen LogP contribution is -2.41. The largest absolute Gasteiger partial charge is 0.756 e. The summed E-state index contributed by atoms with van der Waals surface area (Å²) in [5.74, 6) is 0. The standard InChI is InChI=1S/C28H50N2O2.C5H14NO4P/c1-2-3-4-5-6-7-8-9-10-11-12-13-14-15-16-20-23-30(24-25-31)28(32)29-26-27-21-18-17-19-22-27;1-6(2,3)4-5-10-11(7,8)9/h17-19,21-22,31H,2-16,20,23-26H2,1H3,(H,29,32);4-5H2,1-3H3,(H-,7,8,9). The lowest BCUT2D eigenvalue weighted by atomic mass is 10.0. The molecule has 3 N–H and O–H groups in total. The summed E-state index contributed by atoms with van der Waals surface area (Å²) < 4.78 is 14.8. The molecule has 252 valence electrons. The number of benzene rings is 1. The summed E-state index contributed by atoms with van der Waals surface area (Å²) in [6.07, 6.45) is 21.6. The summed E-state index contributed by atoms with van der Waals surface area (Å²) in [7, 11) is 1.19. The van der Waals surface area contributed by atoms with Crippen LogP contribution in [0.15, 0.2) is 30.3 Å². The highest BCUT2D eigenvalue weighted by molar-refractivity contribution is 7.44. The van der Waals surface area contributed by atoms with Crippen molar-refractivity contribution in [3.63, 3.8) is 0 Å². The van der Waals surface area contributed by atoms with E-state index in [1.54, 1.807) is 4.90 Å². The van der Waals surface area contributed by atoms with Crippen LogP contribution in [0.5, 0.6) is 0 Å². The molecular weight excluding hydrogens is 565 g/mol. The highest BCUT2D eigenvalue weighted by Gasteiger charge is 2.12. The molecule has 0 aliphatic rings. The van der Waals surface area contributed by atoms with Crippen molar-refractivity contribution in [3.05, 3.63) is 35.9 Å². The van der Waals surface area contributed by atoms with E-state index in [0.717, 1.165) is 24.9 Å². The number of unbranched alkanes of at least 4 members (excludes halogenated alkanes) is 15. The van der Waals surface area contributed by atoms with Gasteiger partial charge in [0.15, 0.2) is 0 Å². The van der Waals surface area contributed by atoms with Crippen LogP contribution in [0.2, 0.25) is 0 Å². The van der Waals surface area contributed by atoms with Crippen molar-refractivity contribution in [3.8, 4) is 0 Å². The Kier molecular flexibility index (Phi) is 26.0. The van der Waals surface area contributed by atoms with Gasteiger partial charge in [-0.25, -0.2) is 4.79 Å². The first-order valence-electron chi connectivity index (χ1n) is 16.6. The lowest BCUT2D eigenvalue weighted by Gasteiger charge is -2.25. The number of phosphoric ester groups is 1. The molecule has 0 spiro atoms. The summed E-state index contributed by atoms with van der Waals surface area (Å²) >= 11 is 0. The van der Waals surface area contributed by atoms with E-state index in [-0.39, 0.29) is 19.2 Å². The van der Waals surface area contributed by atoms with Gasteiger partial charge in [0.25, 0.3) is 7.82 Å². The summed E-state index contributed by atoms with van der Waals surface area (Å²) in [4.78, 5) is 32.4. The number of likely N-dealkylation sites (N-methyl/N-ethyl adjacent to an activating group) is 1. The Bertz CT molecular complexity index is 817. The van der Waals surface area contributed by atoms with Crippen LogP contribution in [0.1, 0.15) is 115 Å². The maximum absolute atomic E-state index is 12.4. The monoisotopic (exact) mass is 629 g/mol. The Labute approximate surface area is 263 Å². The van der Waals surface area contributed by atoms with E-state index >= 15 is 0 Å². The van der Waals surface area contributed by atoms with Crippen LogP contribution < -0.4 is 10.2 Å². The molecule has 43 heavy (non-hydrogen) atoms. The topological polar surface area (TPSA) is 122 Å². The average molecular weight is 630 g/mol. The van der Waals surface area contributed by atoms with E-state index in [0.29, 0.717) is 24.1 Å². The quantitative estimate of drug-likeness (QED) is 0.0635. The first-order chi connectivity index (χ1) is 20.5. The number of urea groups is 1. The number of nitrogens with one attached hydrogen (secondary N) is 1. The number of aliphatic hydroxyl groups excluding tert-OH is 1. The third-order valence-corrected chi connectivity index (χ3v) is 7.75. The van der Waals surface area contributed by atoms with E-state index in [1.165, 1.54) is 89.9 Å². The van der Waals surface area contributed by atoms with Gasteiger partial charge in [-0.15, -0.1) is 0 Å². The maximum Gasteiger partial charge on any atom is 0.317 e. The molecule has 0 fully saturated rings. The van der Waals surface area contributed by atoms with Gasteiger partial charge in [-0.3, -0.25) is 4.57 Å². The van der Waals surface area contributed by atoms with E-state index in [2.05, 4.69) is 16.8 Å². The molecule has 0 heterocycles. The van der Waals surface area contributed by atoms with Gasteiger partial charge in [0, 0.05) is 19.6 Å². The van der Waals surface area contributed by atoms with Crippen molar-refractivity contribution in [2.45, 2.75) is 116 Å². The predicted octanol–water partition coefficient (Wildman–Crippen LogP) is 6.62. The molecule has 0 aliphatic carbocycles. The number of phosphoric acid groups is 1. The minimum absolute atomic E-state index is 0.0115. The Morgan fingerprint density at radius 2 is 1.30 bits per heavy atom. The third-order valence-electron chi connectivity index (χ3n) is 7.24. The van der Waals surface area contributed by atoms with Crippen molar-refractivity contribution >= 4 is 13.9 Å². The smallest absolute Gasteiger partial charge is 0.317 e. The van der Waals surface area contributed by atoms with Gasteiger partial charge in [0.1, 0.15) is 13.2 Å². The lowest BCUT2D eigenvalue weighted by molar-refractivity contribution is -0.870. The molecule has 2 amide bonds. The SMILES string of the molecule is CCCCCCCCCCCCCCCCCCN(CCO)C(=O)NCc1ccccc1.C[N+](C)(C)CCOP(=O)([O-])O. The van der Waals surface area contributed by atoms with Crippen molar-refractivity contribution in [2.24, 2.45) is 0 Å². The number of nitrogens with zero attached hydrogens (tertiary/aromatic N) is 2. The fourth-order valence-electron chi connectivity index (χ4n) is 4.60. The number of rotatable bonds is 25. The molecule has 0 saturated carbocycles. The van der Waals surface area contributed by atoms with E-state index in [1.807, 2.05) is 51.5 Å².